The fourth-order valence-corrected chi connectivity index (χ4v) is 3.05. The summed E-state index contributed by atoms with van der Waals surface area (Å²) >= 11 is 0. The van der Waals surface area contributed by atoms with Crippen LogP contribution < -0.4 is 30.5 Å². The predicted octanol–water partition coefficient (Wildman–Crippen LogP) is 3.57. The summed E-state index contributed by atoms with van der Waals surface area (Å²) in [6.45, 7) is 0.770. The molecule has 1 aliphatic heterocycles. The quantitative estimate of drug-likeness (QED) is 0.583. The number of hydrogen-bond donors (Lipinski definition) is 3. The molecule has 8 nitrogen and oxygen atoms in total. The number of ether oxygens (including phenoxy) is 2. The van der Waals surface area contributed by atoms with Crippen LogP contribution >= 0.6 is 0 Å². The molecule has 1 aromatic heterocycles. The molecule has 9 heteroatoms. The summed E-state index contributed by atoms with van der Waals surface area (Å²) in [4.78, 5) is 8.29. The Balaban J connectivity index is 1.58. The molecule has 0 fully saturated rings. The van der Waals surface area contributed by atoms with E-state index in [1.165, 1.54) is 5.56 Å². The van der Waals surface area contributed by atoms with Gasteiger partial charge in [0.25, 0.3) is 0 Å². The van der Waals surface area contributed by atoms with Crippen molar-refractivity contribution in [3.05, 3.63) is 54.0 Å². The molecule has 0 aliphatic carbocycles. The van der Waals surface area contributed by atoms with Gasteiger partial charge in [0.05, 0.1) is 26.1 Å². The van der Waals surface area contributed by atoms with Gasteiger partial charge in [0.2, 0.25) is 5.95 Å². The van der Waals surface area contributed by atoms with Gasteiger partial charge in [-0.15, -0.1) is 0 Å². The molecular weight excluding hydrogens is 375 g/mol. The Hall–Kier alpha value is -3.59. The van der Waals surface area contributed by atoms with Gasteiger partial charge in [-0.05, 0) is 17.7 Å². The number of hydrazine groups is 1. The lowest BCUT2D eigenvalue weighted by Gasteiger charge is -2.14. The lowest BCUT2D eigenvalue weighted by molar-refractivity contribution is 0.395. The molecule has 150 valence electrons. The Morgan fingerprint density at radius 3 is 2.52 bits per heavy atom. The predicted molar refractivity (Wildman–Crippen MR) is 110 cm³/mol. The third-order valence-electron chi connectivity index (χ3n) is 4.57. The van der Waals surface area contributed by atoms with Crippen LogP contribution in [0.2, 0.25) is 0 Å². The van der Waals surface area contributed by atoms with Crippen LogP contribution in [0.1, 0.15) is 5.56 Å². The first kappa shape index (κ1) is 18.8. The Morgan fingerprint density at radius 1 is 1.03 bits per heavy atom. The zero-order valence-electron chi connectivity index (χ0n) is 16.3. The molecule has 0 saturated heterocycles. The van der Waals surface area contributed by atoms with Crippen LogP contribution in [0.3, 0.4) is 0 Å². The molecule has 3 N–H and O–H groups in total. The number of benzene rings is 2. The van der Waals surface area contributed by atoms with Crippen LogP contribution in [0, 0.1) is 5.82 Å². The molecule has 0 atom stereocenters. The SMILES string of the molecule is COc1cc(Nc2ncc(F)c(Nc3ccc4c(c3)N(C)NC4)n2)cc(OC)c1. The third kappa shape index (κ3) is 3.99. The van der Waals surface area contributed by atoms with Crippen molar-refractivity contribution in [2.24, 2.45) is 0 Å². The van der Waals surface area contributed by atoms with Gasteiger partial charge >= 0.3 is 0 Å². The van der Waals surface area contributed by atoms with Crippen LogP contribution in [0.5, 0.6) is 11.5 Å². The Kier molecular flexibility index (Phi) is 5.05. The van der Waals surface area contributed by atoms with E-state index in [0.717, 1.165) is 24.1 Å². The zero-order chi connectivity index (χ0) is 20.4. The molecule has 2 aromatic carbocycles. The van der Waals surface area contributed by atoms with Gasteiger partial charge in [-0.1, -0.05) is 6.07 Å². The Labute approximate surface area is 167 Å². The van der Waals surface area contributed by atoms with E-state index in [-0.39, 0.29) is 11.8 Å². The van der Waals surface area contributed by atoms with Gasteiger partial charge in [0.1, 0.15) is 11.5 Å². The van der Waals surface area contributed by atoms with Crippen molar-refractivity contribution in [2.75, 3.05) is 36.9 Å². The summed E-state index contributed by atoms with van der Waals surface area (Å²) < 4.78 is 24.8. The molecule has 1 aliphatic rings. The van der Waals surface area contributed by atoms with E-state index >= 15 is 0 Å². The molecule has 0 unspecified atom stereocenters. The average Bonchev–Trinajstić information content (AvgIpc) is 3.10. The van der Waals surface area contributed by atoms with Crippen LogP contribution in [-0.2, 0) is 6.54 Å². The number of nitrogens with zero attached hydrogens (tertiary/aromatic N) is 3. The largest absolute Gasteiger partial charge is 0.497 e. The number of hydrogen-bond acceptors (Lipinski definition) is 8. The highest BCUT2D eigenvalue weighted by molar-refractivity contribution is 5.68. The van der Waals surface area contributed by atoms with E-state index in [9.17, 15) is 4.39 Å². The molecule has 4 rings (SSSR count). The molecule has 2 heterocycles. The van der Waals surface area contributed by atoms with Gasteiger partial charge in [-0.25, -0.2) is 14.8 Å². The lowest BCUT2D eigenvalue weighted by Crippen LogP contribution is -2.26. The first-order valence-electron chi connectivity index (χ1n) is 8.95. The van der Waals surface area contributed by atoms with Gasteiger partial charge in [0, 0.05) is 43.2 Å². The summed E-state index contributed by atoms with van der Waals surface area (Å²) in [6.07, 6.45) is 1.12. The topological polar surface area (TPSA) is 83.6 Å². The molecule has 0 amide bonds. The van der Waals surface area contributed by atoms with Gasteiger partial charge in [-0.3, -0.25) is 0 Å². The fraction of sp³-hybridized carbons (Fsp3) is 0.200. The maximum atomic E-state index is 14.3. The molecule has 0 bridgehead atoms. The number of rotatable bonds is 6. The number of halogens is 1. The van der Waals surface area contributed by atoms with Crippen LogP contribution in [0.25, 0.3) is 0 Å². The fourth-order valence-electron chi connectivity index (χ4n) is 3.05. The zero-order valence-corrected chi connectivity index (χ0v) is 16.3. The number of fused-ring (bicyclic) bond motifs is 1. The molecule has 0 radical (unpaired) electrons. The van der Waals surface area contributed by atoms with Crippen molar-refractivity contribution in [3.8, 4) is 11.5 Å². The summed E-state index contributed by atoms with van der Waals surface area (Å²) in [7, 11) is 5.07. The summed E-state index contributed by atoms with van der Waals surface area (Å²) in [5, 5.41) is 8.00. The minimum absolute atomic E-state index is 0.0749. The van der Waals surface area contributed by atoms with Gasteiger partial charge in [-0.2, -0.15) is 4.98 Å². The number of methoxy groups -OCH3 is 2. The summed E-state index contributed by atoms with van der Waals surface area (Å²) in [6, 6.07) is 11.1. The summed E-state index contributed by atoms with van der Waals surface area (Å²) in [5.74, 6) is 0.993. The van der Waals surface area contributed by atoms with Crippen molar-refractivity contribution in [3.63, 3.8) is 0 Å². The van der Waals surface area contributed by atoms with E-state index < -0.39 is 5.82 Å². The molecule has 29 heavy (non-hydrogen) atoms. The number of nitrogens with one attached hydrogen (secondary N) is 3. The molecule has 0 spiro atoms. The van der Waals surface area contributed by atoms with Crippen LogP contribution in [0.15, 0.2) is 42.6 Å². The highest BCUT2D eigenvalue weighted by Gasteiger charge is 2.16. The second kappa shape index (κ2) is 7.80. The number of anilines is 5. The molecule has 0 saturated carbocycles. The van der Waals surface area contributed by atoms with E-state index in [2.05, 4.69) is 26.0 Å². The van der Waals surface area contributed by atoms with Crippen molar-refractivity contribution in [2.45, 2.75) is 6.54 Å². The van der Waals surface area contributed by atoms with Crippen LogP contribution in [0.4, 0.5) is 33.2 Å². The first-order chi connectivity index (χ1) is 14.1. The molecule has 3 aromatic rings. The second-order valence-corrected chi connectivity index (χ2v) is 6.48. The second-order valence-electron chi connectivity index (χ2n) is 6.48. The highest BCUT2D eigenvalue weighted by atomic mass is 19.1. The minimum Gasteiger partial charge on any atom is -0.497 e. The minimum atomic E-state index is -0.550. The van der Waals surface area contributed by atoms with Crippen molar-refractivity contribution in [1.82, 2.24) is 15.4 Å². The highest BCUT2D eigenvalue weighted by Crippen LogP contribution is 2.30. The van der Waals surface area contributed by atoms with E-state index in [0.29, 0.717) is 17.2 Å². The smallest absolute Gasteiger partial charge is 0.229 e. The van der Waals surface area contributed by atoms with Crippen molar-refractivity contribution >= 4 is 28.8 Å². The Morgan fingerprint density at radius 2 is 1.79 bits per heavy atom. The summed E-state index contributed by atoms with van der Waals surface area (Å²) in [5.41, 5.74) is 6.81. The Bertz CT molecular complexity index is 1020. The number of aromatic nitrogens is 2. The normalized spacial score (nSPS) is 12.5. The van der Waals surface area contributed by atoms with Gasteiger partial charge < -0.3 is 25.1 Å². The average molecular weight is 396 g/mol. The third-order valence-corrected chi connectivity index (χ3v) is 4.57. The van der Waals surface area contributed by atoms with Crippen molar-refractivity contribution in [1.29, 1.82) is 0 Å². The monoisotopic (exact) mass is 396 g/mol. The first-order valence-corrected chi connectivity index (χ1v) is 8.95. The van der Waals surface area contributed by atoms with Crippen molar-refractivity contribution < 1.29 is 13.9 Å². The van der Waals surface area contributed by atoms with Gasteiger partial charge in [0.15, 0.2) is 11.6 Å². The lowest BCUT2D eigenvalue weighted by atomic mass is 10.1. The van der Waals surface area contributed by atoms with E-state index in [1.807, 2.05) is 30.3 Å². The maximum absolute atomic E-state index is 14.3. The standard InChI is InChI=1S/C20H21FN6O2/c1-27-18-8-13(5-4-12(18)10-23-27)24-19-17(21)11-22-20(26-19)25-14-6-15(28-2)9-16(7-14)29-3/h4-9,11,23H,10H2,1-3H3,(H2,22,24,25,26). The van der Waals surface area contributed by atoms with E-state index in [1.54, 1.807) is 32.4 Å². The van der Waals surface area contributed by atoms with Crippen LogP contribution in [-0.4, -0.2) is 31.2 Å². The maximum Gasteiger partial charge on any atom is 0.229 e. The van der Waals surface area contributed by atoms with E-state index in [4.69, 9.17) is 9.47 Å². The molecular formula is C20H21FN6O2.